The fourth-order valence-corrected chi connectivity index (χ4v) is 2.63. The van der Waals surface area contributed by atoms with Crippen LogP contribution in [-0.2, 0) is 11.3 Å². The number of benzene rings is 2. The number of aromatic nitrogens is 3. The molecule has 1 heterocycles. The van der Waals surface area contributed by atoms with E-state index in [1.54, 1.807) is 16.2 Å². The number of nitrogens with zero attached hydrogens (tertiary/aromatic N) is 4. The molecule has 0 aliphatic rings. The van der Waals surface area contributed by atoms with Gasteiger partial charge in [-0.1, -0.05) is 35.5 Å². The molecule has 7 nitrogen and oxygen atoms in total. The summed E-state index contributed by atoms with van der Waals surface area (Å²) in [7, 11) is 4.01. The van der Waals surface area contributed by atoms with Crippen LogP contribution in [0.15, 0.2) is 60.8 Å². The summed E-state index contributed by atoms with van der Waals surface area (Å²) < 4.78 is 1.78. The Morgan fingerprint density at radius 3 is 2.70 bits per heavy atom. The molecule has 138 valence electrons. The summed E-state index contributed by atoms with van der Waals surface area (Å²) in [5, 5.41) is 17.0. The molecule has 0 aliphatic heterocycles. The molecule has 0 atom stereocenters. The Labute approximate surface area is 157 Å². The van der Waals surface area contributed by atoms with E-state index in [1.807, 2.05) is 73.7 Å². The first-order valence-electron chi connectivity index (χ1n) is 8.44. The predicted molar refractivity (Wildman–Crippen MR) is 104 cm³/mol. The number of rotatable bonds is 6. The van der Waals surface area contributed by atoms with E-state index in [2.05, 4.69) is 10.3 Å². The van der Waals surface area contributed by atoms with E-state index in [0.29, 0.717) is 6.54 Å². The van der Waals surface area contributed by atoms with Gasteiger partial charge in [0.25, 0.3) is 5.91 Å². The Balaban J connectivity index is 1.72. The number of nitrogens with one attached hydrogen (secondary N) is 1. The lowest BCUT2D eigenvalue weighted by Crippen LogP contribution is -2.14. The van der Waals surface area contributed by atoms with Gasteiger partial charge in [-0.2, -0.15) is 0 Å². The van der Waals surface area contributed by atoms with E-state index in [1.165, 1.54) is 6.08 Å². The zero-order chi connectivity index (χ0) is 19.2. The van der Waals surface area contributed by atoms with Crippen LogP contribution in [0.25, 0.3) is 17.3 Å². The molecular weight excluding hydrogens is 342 g/mol. The highest BCUT2D eigenvalue weighted by Gasteiger charge is 2.05. The van der Waals surface area contributed by atoms with Crippen LogP contribution in [0.2, 0.25) is 0 Å². The lowest BCUT2D eigenvalue weighted by molar-refractivity contribution is -0.124. The molecule has 2 N–H and O–H groups in total. The molecule has 0 radical (unpaired) electrons. The number of amides is 1. The Morgan fingerprint density at radius 1 is 1.22 bits per heavy atom. The number of carbonyl (C=O) groups excluding carboxylic acids is 1. The summed E-state index contributed by atoms with van der Waals surface area (Å²) in [6, 6.07) is 15.9. The first-order valence-corrected chi connectivity index (χ1v) is 8.44. The first kappa shape index (κ1) is 18.3. The molecule has 1 aromatic heterocycles. The van der Waals surface area contributed by atoms with Gasteiger partial charge in [0.2, 0.25) is 0 Å². The molecule has 0 saturated heterocycles. The molecule has 3 rings (SSSR count). The van der Waals surface area contributed by atoms with Crippen molar-refractivity contribution in [1.82, 2.24) is 20.5 Å². The smallest absolute Gasteiger partial charge is 0.267 e. The molecule has 2 aromatic carbocycles. The lowest BCUT2D eigenvalue weighted by Gasteiger charge is -2.11. The van der Waals surface area contributed by atoms with Crippen molar-refractivity contribution in [3.05, 3.63) is 71.9 Å². The van der Waals surface area contributed by atoms with Crippen LogP contribution in [0.4, 0.5) is 5.69 Å². The molecule has 27 heavy (non-hydrogen) atoms. The maximum Gasteiger partial charge on any atom is 0.267 e. The Kier molecular flexibility index (Phi) is 5.63. The Bertz CT molecular complexity index is 945. The van der Waals surface area contributed by atoms with Crippen molar-refractivity contribution in [2.75, 3.05) is 19.0 Å². The van der Waals surface area contributed by atoms with Gasteiger partial charge in [-0.15, -0.1) is 5.10 Å². The van der Waals surface area contributed by atoms with Crippen molar-refractivity contribution in [3.63, 3.8) is 0 Å². The van der Waals surface area contributed by atoms with Gasteiger partial charge in [0.15, 0.2) is 0 Å². The second-order valence-corrected chi connectivity index (χ2v) is 6.30. The fourth-order valence-electron chi connectivity index (χ4n) is 2.63. The highest BCUT2D eigenvalue weighted by atomic mass is 16.5. The van der Waals surface area contributed by atoms with Crippen LogP contribution in [0.3, 0.4) is 0 Å². The molecule has 7 heteroatoms. The summed E-state index contributed by atoms with van der Waals surface area (Å²) in [6.07, 6.45) is 4.81. The molecule has 0 fully saturated rings. The normalized spacial score (nSPS) is 10.9. The third-order valence-corrected chi connectivity index (χ3v) is 4.05. The van der Waals surface area contributed by atoms with Gasteiger partial charge in [-0.25, -0.2) is 10.2 Å². The molecule has 0 spiro atoms. The monoisotopic (exact) mass is 363 g/mol. The first-order chi connectivity index (χ1) is 13.0. The molecule has 3 aromatic rings. The molecule has 0 unspecified atom stereocenters. The van der Waals surface area contributed by atoms with E-state index in [0.717, 1.165) is 28.1 Å². The minimum absolute atomic E-state index is 0.566. The van der Waals surface area contributed by atoms with Gasteiger partial charge in [0, 0.05) is 31.4 Å². The number of anilines is 1. The number of hydrogen-bond acceptors (Lipinski definition) is 5. The largest absolute Gasteiger partial charge is 0.378 e. The SMILES string of the molecule is CN(C)c1ccc(-c2cn(Cc3cccc(/C=C/C(=O)NO)c3)nn2)cc1. The van der Waals surface area contributed by atoms with Crippen molar-refractivity contribution in [3.8, 4) is 11.3 Å². The highest BCUT2D eigenvalue weighted by Crippen LogP contribution is 2.20. The number of hydrogen-bond donors (Lipinski definition) is 2. The molecule has 1 amide bonds. The predicted octanol–water partition coefficient (Wildman–Crippen LogP) is 2.58. The van der Waals surface area contributed by atoms with Crippen LogP contribution in [0, 0.1) is 0 Å². The van der Waals surface area contributed by atoms with Gasteiger partial charge in [-0.3, -0.25) is 10.0 Å². The maximum absolute atomic E-state index is 11.1. The van der Waals surface area contributed by atoms with Gasteiger partial charge in [0.1, 0.15) is 5.69 Å². The van der Waals surface area contributed by atoms with E-state index in [-0.39, 0.29) is 0 Å². The Hall–Kier alpha value is -3.45. The van der Waals surface area contributed by atoms with Crippen molar-refractivity contribution in [2.24, 2.45) is 0 Å². The number of carbonyl (C=O) groups is 1. The fraction of sp³-hybridized carbons (Fsp3) is 0.150. The zero-order valence-electron chi connectivity index (χ0n) is 15.2. The maximum atomic E-state index is 11.1. The summed E-state index contributed by atoms with van der Waals surface area (Å²) in [4.78, 5) is 13.1. The molecule has 0 aliphatic carbocycles. The molecule has 0 bridgehead atoms. The van der Waals surface area contributed by atoms with Gasteiger partial charge in [-0.05, 0) is 35.4 Å². The van der Waals surface area contributed by atoms with Gasteiger partial charge < -0.3 is 4.90 Å². The molecular formula is C20H21N5O2. The van der Waals surface area contributed by atoms with Gasteiger partial charge in [0.05, 0.1) is 12.7 Å². The van der Waals surface area contributed by atoms with Crippen molar-refractivity contribution in [1.29, 1.82) is 0 Å². The van der Waals surface area contributed by atoms with E-state index < -0.39 is 5.91 Å². The standard InChI is InChI=1S/C20H21N5O2/c1-24(2)18-9-7-17(8-10-18)19-14-25(23-21-19)13-16-5-3-4-15(12-16)6-11-20(26)22-27/h3-12,14,27H,13H2,1-2H3,(H,22,26)/b11-6+. The summed E-state index contributed by atoms with van der Waals surface area (Å²) in [6.45, 7) is 0.566. The summed E-state index contributed by atoms with van der Waals surface area (Å²) in [5.41, 5.74) is 6.41. The highest BCUT2D eigenvalue weighted by molar-refractivity contribution is 5.90. The lowest BCUT2D eigenvalue weighted by atomic mass is 10.1. The van der Waals surface area contributed by atoms with Crippen molar-refractivity contribution < 1.29 is 10.0 Å². The van der Waals surface area contributed by atoms with Crippen molar-refractivity contribution >= 4 is 17.7 Å². The second-order valence-electron chi connectivity index (χ2n) is 6.30. The van der Waals surface area contributed by atoms with Crippen molar-refractivity contribution in [2.45, 2.75) is 6.54 Å². The zero-order valence-corrected chi connectivity index (χ0v) is 15.2. The van der Waals surface area contributed by atoms with E-state index >= 15 is 0 Å². The number of hydroxylamine groups is 1. The molecule has 0 saturated carbocycles. The minimum atomic E-state index is -0.568. The summed E-state index contributed by atoms with van der Waals surface area (Å²) >= 11 is 0. The summed E-state index contributed by atoms with van der Waals surface area (Å²) in [5.74, 6) is -0.568. The van der Waals surface area contributed by atoms with E-state index in [9.17, 15) is 4.79 Å². The van der Waals surface area contributed by atoms with Crippen LogP contribution in [0.1, 0.15) is 11.1 Å². The quantitative estimate of drug-likeness (QED) is 0.400. The topological polar surface area (TPSA) is 83.3 Å². The second kappa shape index (κ2) is 8.29. The third kappa shape index (κ3) is 4.80. The van der Waals surface area contributed by atoms with Gasteiger partial charge >= 0.3 is 0 Å². The average Bonchev–Trinajstić information content (AvgIpc) is 3.15. The average molecular weight is 363 g/mol. The van der Waals surface area contributed by atoms with E-state index in [4.69, 9.17) is 5.21 Å². The van der Waals surface area contributed by atoms with Crippen LogP contribution in [-0.4, -0.2) is 40.2 Å². The third-order valence-electron chi connectivity index (χ3n) is 4.05. The Morgan fingerprint density at radius 2 is 2.00 bits per heavy atom. The van der Waals surface area contributed by atoms with Crippen LogP contribution < -0.4 is 10.4 Å². The minimum Gasteiger partial charge on any atom is -0.378 e. The van der Waals surface area contributed by atoms with Crippen LogP contribution in [0.5, 0.6) is 0 Å². The van der Waals surface area contributed by atoms with Crippen LogP contribution >= 0.6 is 0 Å².